The third-order valence-electron chi connectivity index (χ3n) is 2.39. The molecule has 0 aliphatic rings. The number of hydrogen-bond acceptors (Lipinski definition) is 7. The van der Waals surface area contributed by atoms with Crippen LogP contribution in [0.1, 0.15) is 6.92 Å². The number of thiol groups is 1. The molecule has 0 aromatic heterocycles. The third-order valence-corrected chi connectivity index (χ3v) is 2.98. The monoisotopic (exact) mass is 362 g/mol. The summed E-state index contributed by atoms with van der Waals surface area (Å²) in [6.07, 6.45) is 0. The molecule has 5 N–H and O–H groups in total. The van der Waals surface area contributed by atoms with Crippen LogP contribution in [0.25, 0.3) is 0 Å². The molecule has 0 fully saturated rings. The summed E-state index contributed by atoms with van der Waals surface area (Å²) in [4.78, 5) is 66.4. The number of carbonyl (C=O) groups excluding carboxylic acids is 5. The Morgan fingerprint density at radius 1 is 0.792 bits per heavy atom. The SMILES string of the molecule is CC(=O)C(S)C(=O)NCC(=O)NCC(=O)NCC(=O)NCC(=O)O. The maximum Gasteiger partial charge on any atom is 0.322 e. The third kappa shape index (κ3) is 10.2. The minimum Gasteiger partial charge on any atom is -0.480 e. The lowest BCUT2D eigenvalue weighted by atomic mass is 10.3. The molecule has 134 valence electrons. The molecule has 0 aromatic rings. The molecule has 24 heavy (non-hydrogen) atoms. The van der Waals surface area contributed by atoms with Crippen molar-refractivity contribution in [3.8, 4) is 0 Å². The summed E-state index contributed by atoms with van der Waals surface area (Å²) >= 11 is 3.75. The van der Waals surface area contributed by atoms with Crippen LogP contribution in [0.4, 0.5) is 0 Å². The van der Waals surface area contributed by atoms with Crippen molar-refractivity contribution in [1.29, 1.82) is 0 Å². The summed E-state index contributed by atoms with van der Waals surface area (Å²) in [5.74, 6) is -4.50. The molecule has 0 heterocycles. The van der Waals surface area contributed by atoms with Crippen molar-refractivity contribution < 1.29 is 33.9 Å². The fourth-order valence-corrected chi connectivity index (χ4v) is 1.26. The number of carbonyl (C=O) groups is 6. The molecule has 0 saturated carbocycles. The molecule has 0 aromatic carbocycles. The quantitative estimate of drug-likeness (QED) is 0.172. The van der Waals surface area contributed by atoms with Gasteiger partial charge in [0.15, 0.2) is 5.78 Å². The summed E-state index contributed by atoms with van der Waals surface area (Å²) in [5, 5.41) is 15.7. The topological polar surface area (TPSA) is 171 Å². The lowest BCUT2D eigenvalue weighted by Gasteiger charge is -2.09. The minimum absolute atomic E-state index is 0.446. The average Bonchev–Trinajstić information content (AvgIpc) is 2.52. The zero-order valence-corrected chi connectivity index (χ0v) is 13.6. The van der Waals surface area contributed by atoms with Crippen LogP contribution in [0, 0.1) is 0 Å². The number of aliphatic carboxylic acids is 1. The van der Waals surface area contributed by atoms with Crippen LogP contribution in [0.2, 0.25) is 0 Å². The lowest BCUT2D eigenvalue weighted by Crippen LogP contribution is -2.46. The first-order chi connectivity index (χ1) is 11.1. The molecule has 1 atom stereocenters. The van der Waals surface area contributed by atoms with E-state index in [0.29, 0.717) is 0 Å². The Hall–Kier alpha value is -2.63. The van der Waals surface area contributed by atoms with Gasteiger partial charge >= 0.3 is 5.97 Å². The van der Waals surface area contributed by atoms with E-state index in [-0.39, 0.29) is 0 Å². The predicted molar refractivity (Wildman–Crippen MR) is 83.1 cm³/mol. The van der Waals surface area contributed by atoms with E-state index < -0.39 is 66.8 Å². The Morgan fingerprint density at radius 2 is 1.17 bits per heavy atom. The van der Waals surface area contributed by atoms with Gasteiger partial charge in [-0.25, -0.2) is 0 Å². The fourth-order valence-electron chi connectivity index (χ4n) is 1.17. The van der Waals surface area contributed by atoms with Crippen molar-refractivity contribution in [2.24, 2.45) is 0 Å². The van der Waals surface area contributed by atoms with E-state index in [1.54, 1.807) is 0 Å². The van der Waals surface area contributed by atoms with Crippen LogP contribution in [-0.2, 0) is 28.8 Å². The zero-order chi connectivity index (χ0) is 18.7. The predicted octanol–water partition coefficient (Wildman–Crippen LogP) is -3.58. The first-order valence-electron chi connectivity index (χ1n) is 6.61. The molecule has 1 unspecified atom stereocenters. The molecule has 0 bridgehead atoms. The summed E-state index contributed by atoms with van der Waals surface area (Å²) in [6, 6.07) is 0. The van der Waals surface area contributed by atoms with E-state index in [4.69, 9.17) is 5.11 Å². The van der Waals surface area contributed by atoms with Crippen molar-refractivity contribution in [3.05, 3.63) is 0 Å². The van der Waals surface area contributed by atoms with Crippen molar-refractivity contribution in [1.82, 2.24) is 21.3 Å². The summed E-state index contributed by atoms with van der Waals surface area (Å²) in [5.41, 5.74) is 0. The number of ketones is 1. The van der Waals surface area contributed by atoms with Crippen molar-refractivity contribution in [3.63, 3.8) is 0 Å². The first kappa shape index (κ1) is 21.4. The highest BCUT2D eigenvalue weighted by molar-refractivity contribution is 7.82. The molecule has 0 radical (unpaired) electrons. The first-order valence-corrected chi connectivity index (χ1v) is 7.13. The van der Waals surface area contributed by atoms with Gasteiger partial charge in [0.05, 0.1) is 19.6 Å². The van der Waals surface area contributed by atoms with Gasteiger partial charge in [-0.05, 0) is 6.92 Å². The van der Waals surface area contributed by atoms with Crippen molar-refractivity contribution >= 4 is 48.0 Å². The normalized spacial score (nSPS) is 10.9. The Balaban J connectivity index is 3.92. The van der Waals surface area contributed by atoms with Crippen LogP contribution in [0.3, 0.4) is 0 Å². The molecule has 0 aliphatic heterocycles. The fraction of sp³-hybridized carbons (Fsp3) is 0.500. The number of hydrogen-bond donors (Lipinski definition) is 6. The largest absolute Gasteiger partial charge is 0.480 e. The smallest absolute Gasteiger partial charge is 0.322 e. The molecule has 0 rings (SSSR count). The van der Waals surface area contributed by atoms with Crippen molar-refractivity contribution in [2.45, 2.75) is 12.2 Å². The van der Waals surface area contributed by atoms with Crippen LogP contribution >= 0.6 is 12.6 Å². The van der Waals surface area contributed by atoms with Crippen LogP contribution in [0.15, 0.2) is 0 Å². The highest BCUT2D eigenvalue weighted by atomic mass is 32.1. The molecule has 4 amide bonds. The molecular weight excluding hydrogens is 344 g/mol. The van der Waals surface area contributed by atoms with Gasteiger partial charge < -0.3 is 26.4 Å². The molecule has 11 nitrogen and oxygen atoms in total. The lowest BCUT2D eigenvalue weighted by molar-refractivity contribution is -0.137. The average molecular weight is 362 g/mol. The van der Waals surface area contributed by atoms with Gasteiger partial charge in [-0.3, -0.25) is 28.8 Å². The second-order valence-electron chi connectivity index (χ2n) is 4.45. The van der Waals surface area contributed by atoms with Gasteiger partial charge in [-0.15, -0.1) is 0 Å². The van der Waals surface area contributed by atoms with Gasteiger partial charge in [0.25, 0.3) is 0 Å². The molecule has 0 spiro atoms. The second-order valence-corrected chi connectivity index (χ2v) is 4.97. The Kier molecular flexibility index (Phi) is 9.79. The molecule has 12 heteroatoms. The Morgan fingerprint density at radius 3 is 1.54 bits per heavy atom. The number of rotatable bonds is 10. The summed E-state index contributed by atoms with van der Waals surface area (Å²) < 4.78 is 0. The summed E-state index contributed by atoms with van der Waals surface area (Å²) in [6.45, 7) is -0.738. The van der Waals surface area contributed by atoms with Crippen molar-refractivity contribution in [2.75, 3.05) is 26.2 Å². The van der Waals surface area contributed by atoms with Crippen LogP contribution in [-0.4, -0.2) is 71.9 Å². The second kappa shape index (κ2) is 11.0. The van der Waals surface area contributed by atoms with E-state index in [1.807, 2.05) is 5.32 Å². The van der Waals surface area contributed by atoms with E-state index in [9.17, 15) is 28.8 Å². The Labute approximate surface area is 142 Å². The highest BCUT2D eigenvalue weighted by Gasteiger charge is 2.19. The van der Waals surface area contributed by atoms with Crippen LogP contribution in [0.5, 0.6) is 0 Å². The number of carboxylic acids is 1. The number of amides is 4. The van der Waals surface area contributed by atoms with Gasteiger partial charge in [0, 0.05) is 0 Å². The summed E-state index contributed by atoms with van der Waals surface area (Å²) in [7, 11) is 0. The minimum atomic E-state index is -1.22. The van der Waals surface area contributed by atoms with E-state index >= 15 is 0 Å². The van der Waals surface area contributed by atoms with E-state index in [1.165, 1.54) is 6.92 Å². The molecular formula is C12H18N4O7S. The number of Topliss-reactive ketones (excluding diaryl/α,β-unsaturated/α-hetero) is 1. The van der Waals surface area contributed by atoms with Gasteiger partial charge in [0.2, 0.25) is 23.6 Å². The zero-order valence-electron chi connectivity index (χ0n) is 12.7. The van der Waals surface area contributed by atoms with E-state index in [0.717, 1.165) is 0 Å². The maximum absolute atomic E-state index is 11.4. The van der Waals surface area contributed by atoms with Gasteiger partial charge in [-0.2, -0.15) is 12.6 Å². The van der Waals surface area contributed by atoms with Gasteiger partial charge in [-0.1, -0.05) is 0 Å². The van der Waals surface area contributed by atoms with E-state index in [2.05, 4.69) is 28.6 Å². The standard InChI is InChI=1S/C12H18N4O7S/c1-6(17)11(24)12(23)16-4-9(20)14-2-7(18)13-3-8(19)15-5-10(21)22/h11,24H,2-5H2,1H3,(H,13,18)(H,14,20)(H,15,19)(H,16,23)(H,21,22). The molecule has 0 saturated heterocycles. The van der Waals surface area contributed by atoms with Crippen LogP contribution < -0.4 is 21.3 Å². The maximum atomic E-state index is 11.4. The number of nitrogens with one attached hydrogen (secondary N) is 4. The van der Waals surface area contributed by atoms with Gasteiger partial charge in [0.1, 0.15) is 11.8 Å². The molecule has 0 aliphatic carbocycles. The highest BCUT2D eigenvalue weighted by Crippen LogP contribution is 1.95. The Bertz CT molecular complexity index is 537. The number of carboxylic acid groups (broad SMARTS) is 1.